The van der Waals surface area contributed by atoms with Gasteiger partial charge in [0.25, 0.3) is 5.91 Å². The summed E-state index contributed by atoms with van der Waals surface area (Å²) in [6.07, 6.45) is -3.48. The second-order valence-electron chi connectivity index (χ2n) is 4.72. The highest BCUT2D eigenvalue weighted by atomic mass is 19.4. The number of amides is 1. The van der Waals surface area contributed by atoms with E-state index in [-0.39, 0.29) is 0 Å². The molecule has 1 amide bonds. The van der Waals surface area contributed by atoms with Gasteiger partial charge in [0.1, 0.15) is 17.5 Å². The number of hydrogen-bond acceptors (Lipinski definition) is 2. The Morgan fingerprint density at radius 2 is 1.71 bits per heavy atom. The molecule has 0 aliphatic carbocycles. The molecule has 0 bridgehead atoms. The van der Waals surface area contributed by atoms with Crippen LogP contribution in [0.1, 0.15) is 11.1 Å². The lowest BCUT2D eigenvalue weighted by molar-refractivity contribution is -0.137. The summed E-state index contributed by atoms with van der Waals surface area (Å²) in [6, 6.07) is 11.0. The molecule has 0 radical (unpaired) electrons. The molecule has 7 heteroatoms. The van der Waals surface area contributed by atoms with Crippen molar-refractivity contribution < 1.29 is 22.4 Å². The third-order valence-electron chi connectivity index (χ3n) is 3.03. The van der Waals surface area contributed by atoms with Crippen LogP contribution in [0.2, 0.25) is 0 Å². The Kier molecular flexibility index (Phi) is 4.99. The van der Waals surface area contributed by atoms with Gasteiger partial charge in [-0.1, -0.05) is 24.3 Å². The maximum absolute atomic E-state index is 12.9. The van der Waals surface area contributed by atoms with Gasteiger partial charge in [-0.2, -0.15) is 18.4 Å². The van der Waals surface area contributed by atoms with Crippen molar-refractivity contribution in [3.63, 3.8) is 0 Å². The fraction of sp³-hybridized carbons (Fsp3) is 0.0588. The van der Waals surface area contributed by atoms with Crippen LogP contribution in [-0.2, 0) is 11.0 Å². The minimum Gasteiger partial charge on any atom is -0.321 e. The third-order valence-corrected chi connectivity index (χ3v) is 3.03. The van der Waals surface area contributed by atoms with Gasteiger partial charge < -0.3 is 5.32 Å². The molecule has 0 fully saturated rings. The molecule has 0 spiro atoms. The predicted molar refractivity (Wildman–Crippen MR) is 80.1 cm³/mol. The maximum Gasteiger partial charge on any atom is 0.418 e. The lowest BCUT2D eigenvalue weighted by atomic mass is 10.1. The van der Waals surface area contributed by atoms with Crippen molar-refractivity contribution in [2.75, 3.05) is 5.32 Å². The van der Waals surface area contributed by atoms with Gasteiger partial charge in [0, 0.05) is 0 Å². The minimum atomic E-state index is -4.64. The molecular weight excluding hydrogens is 324 g/mol. The number of rotatable bonds is 3. The van der Waals surface area contributed by atoms with Crippen molar-refractivity contribution >= 4 is 17.7 Å². The van der Waals surface area contributed by atoms with E-state index >= 15 is 0 Å². The predicted octanol–water partition coefficient (Wildman–Crippen LogP) is 4.39. The number of carbonyl (C=O) groups is 1. The normalized spacial score (nSPS) is 11.7. The Balaban J connectivity index is 2.28. The van der Waals surface area contributed by atoms with E-state index < -0.39 is 34.7 Å². The van der Waals surface area contributed by atoms with Crippen molar-refractivity contribution in [1.82, 2.24) is 0 Å². The van der Waals surface area contributed by atoms with Gasteiger partial charge in [0.2, 0.25) is 0 Å². The fourth-order valence-electron chi connectivity index (χ4n) is 1.90. The van der Waals surface area contributed by atoms with Crippen LogP contribution >= 0.6 is 0 Å². The van der Waals surface area contributed by atoms with E-state index in [1.165, 1.54) is 24.3 Å². The lowest BCUT2D eigenvalue weighted by Gasteiger charge is -2.13. The van der Waals surface area contributed by atoms with Crippen LogP contribution in [0, 0.1) is 17.1 Å². The molecule has 0 unspecified atom stereocenters. The Labute approximate surface area is 134 Å². The molecule has 122 valence electrons. The maximum atomic E-state index is 12.9. The molecule has 2 rings (SSSR count). The van der Waals surface area contributed by atoms with Gasteiger partial charge in [-0.15, -0.1) is 0 Å². The first-order valence-corrected chi connectivity index (χ1v) is 6.66. The van der Waals surface area contributed by atoms with E-state index in [1.807, 2.05) is 0 Å². The van der Waals surface area contributed by atoms with Gasteiger partial charge >= 0.3 is 6.18 Å². The standard InChI is InChI=1S/C17H10F4N2O/c18-13-7-5-11(6-8-13)9-12(10-22)16(24)23-15-4-2-1-3-14(15)17(19,20)21/h1-9H,(H,23,24)/b12-9-. The second-order valence-corrected chi connectivity index (χ2v) is 4.72. The Bertz CT molecular complexity index is 818. The Hall–Kier alpha value is -3.14. The molecule has 2 aromatic rings. The molecule has 24 heavy (non-hydrogen) atoms. The van der Waals surface area contributed by atoms with E-state index in [0.717, 1.165) is 30.3 Å². The summed E-state index contributed by atoms with van der Waals surface area (Å²) in [5.41, 5.74) is -1.50. The summed E-state index contributed by atoms with van der Waals surface area (Å²) in [4.78, 5) is 12.1. The Morgan fingerprint density at radius 3 is 2.29 bits per heavy atom. The fourth-order valence-corrected chi connectivity index (χ4v) is 1.90. The van der Waals surface area contributed by atoms with E-state index in [2.05, 4.69) is 5.32 Å². The van der Waals surface area contributed by atoms with E-state index in [4.69, 9.17) is 5.26 Å². The number of anilines is 1. The molecule has 0 saturated carbocycles. The molecule has 1 N–H and O–H groups in total. The minimum absolute atomic E-state index is 0.368. The van der Waals surface area contributed by atoms with E-state index in [1.54, 1.807) is 6.07 Å². The summed E-state index contributed by atoms with van der Waals surface area (Å²) in [5.74, 6) is -1.48. The SMILES string of the molecule is N#C/C(=C/c1ccc(F)cc1)C(=O)Nc1ccccc1C(F)(F)F. The summed E-state index contributed by atoms with van der Waals surface area (Å²) < 4.78 is 51.5. The van der Waals surface area contributed by atoms with Crippen molar-refractivity contribution in [2.24, 2.45) is 0 Å². The average Bonchev–Trinajstić information content (AvgIpc) is 2.53. The zero-order valence-electron chi connectivity index (χ0n) is 12.1. The number of nitrogens with one attached hydrogen (secondary N) is 1. The van der Waals surface area contributed by atoms with E-state index in [0.29, 0.717) is 5.56 Å². The van der Waals surface area contributed by atoms with E-state index in [9.17, 15) is 22.4 Å². The van der Waals surface area contributed by atoms with Crippen LogP contribution in [0.3, 0.4) is 0 Å². The molecule has 0 aliphatic rings. The largest absolute Gasteiger partial charge is 0.418 e. The van der Waals surface area contributed by atoms with Crippen LogP contribution in [0.5, 0.6) is 0 Å². The molecule has 0 heterocycles. The number of carbonyl (C=O) groups excluding carboxylic acids is 1. The molecule has 0 saturated heterocycles. The average molecular weight is 334 g/mol. The third kappa shape index (κ3) is 4.20. The molecule has 0 aromatic heterocycles. The summed E-state index contributed by atoms with van der Waals surface area (Å²) in [7, 11) is 0. The van der Waals surface area contributed by atoms with Crippen LogP contribution in [0.4, 0.5) is 23.2 Å². The van der Waals surface area contributed by atoms with Crippen molar-refractivity contribution in [3.05, 3.63) is 71.0 Å². The first kappa shape index (κ1) is 17.2. The highest BCUT2D eigenvalue weighted by Crippen LogP contribution is 2.34. The first-order valence-electron chi connectivity index (χ1n) is 6.66. The Morgan fingerprint density at radius 1 is 1.08 bits per heavy atom. The molecular formula is C17H10F4N2O. The lowest BCUT2D eigenvalue weighted by Crippen LogP contribution is -2.17. The molecule has 3 nitrogen and oxygen atoms in total. The number of hydrogen-bond donors (Lipinski definition) is 1. The van der Waals surface area contributed by atoms with Crippen LogP contribution in [0.25, 0.3) is 6.08 Å². The second kappa shape index (κ2) is 6.96. The number of benzene rings is 2. The zero-order valence-corrected chi connectivity index (χ0v) is 12.1. The van der Waals surface area contributed by atoms with Crippen LogP contribution in [0.15, 0.2) is 54.1 Å². The summed E-state index contributed by atoms with van der Waals surface area (Å²) in [5, 5.41) is 11.1. The number of halogens is 4. The van der Waals surface area contributed by atoms with Gasteiger partial charge in [-0.3, -0.25) is 4.79 Å². The van der Waals surface area contributed by atoms with Gasteiger partial charge in [0.15, 0.2) is 0 Å². The monoisotopic (exact) mass is 334 g/mol. The molecule has 0 atom stereocenters. The summed E-state index contributed by atoms with van der Waals surface area (Å²) in [6.45, 7) is 0. The van der Waals surface area contributed by atoms with Gasteiger partial charge in [0.05, 0.1) is 11.3 Å². The topological polar surface area (TPSA) is 52.9 Å². The van der Waals surface area contributed by atoms with Gasteiger partial charge in [-0.05, 0) is 35.9 Å². The highest BCUT2D eigenvalue weighted by molar-refractivity contribution is 6.10. The number of nitrogens with zero attached hydrogens (tertiary/aromatic N) is 1. The first-order chi connectivity index (χ1) is 11.3. The quantitative estimate of drug-likeness (QED) is 0.514. The van der Waals surface area contributed by atoms with Crippen molar-refractivity contribution in [2.45, 2.75) is 6.18 Å². The van der Waals surface area contributed by atoms with Crippen LogP contribution < -0.4 is 5.32 Å². The van der Waals surface area contributed by atoms with Crippen LogP contribution in [-0.4, -0.2) is 5.91 Å². The number of alkyl halides is 3. The molecule has 0 aliphatic heterocycles. The highest BCUT2D eigenvalue weighted by Gasteiger charge is 2.33. The molecule has 2 aromatic carbocycles. The summed E-state index contributed by atoms with van der Waals surface area (Å²) >= 11 is 0. The van der Waals surface area contributed by atoms with Crippen molar-refractivity contribution in [1.29, 1.82) is 5.26 Å². The van der Waals surface area contributed by atoms with Crippen molar-refractivity contribution in [3.8, 4) is 6.07 Å². The zero-order chi connectivity index (χ0) is 17.7. The smallest absolute Gasteiger partial charge is 0.321 e. The number of para-hydroxylation sites is 1. The van der Waals surface area contributed by atoms with Gasteiger partial charge in [-0.25, -0.2) is 4.39 Å². The number of nitriles is 1.